The fourth-order valence-corrected chi connectivity index (χ4v) is 1.41. The molecule has 1 aromatic heterocycles. The Morgan fingerprint density at radius 2 is 2.19 bits per heavy atom. The highest BCUT2D eigenvalue weighted by Crippen LogP contribution is 2.17. The Balaban J connectivity index is 2.40. The van der Waals surface area contributed by atoms with Crippen molar-refractivity contribution in [1.29, 1.82) is 0 Å². The number of pyridine rings is 1. The molecule has 0 bridgehead atoms. The highest BCUT2D eigenvalue weighted by Gasteiger charge is 2.15. The van der Waals surface area contributed by atoms with Gasteiger partial charge in [0.25, 0.3) is 0 Å². The van der Waals surface area contributed by atoms with E-state index in [1.54, 1.807) is 12.3 Å². The van der Waals surface area contributed by atoms with E-state index in [4.69, 9.17) is 15.2 Å². The number of alkyl carbamates (subject to hydrolysis) is 1. The van der Waals surface area contributed by atoms with Crippen molar-refractivity contribution in [2.75, 3.05) is 19.4 Å². The monoisotopic (exact) mass is 291 g/mol. The van der Waals surface area contributed by atoms with Gasteiger partial charge in [0.15, 0.2) is 0 Å². The predicted octanol–water partition coefficient (Wildman–Crippen LogP) is 1.94. The normalized spacial score (nSPS) is 10.3. The van der Waals surface area contributed by atoms with Crippen molar-refractivity contribution in [2.24, 2.45) is 0 Å². The molecule has 1 aromatic rings. The molecule has 0 aromatic carbocycles. The van der Waals surface area contributed by atoms with Crippen molar-refractivity contribution in [1.82, 2.24) is 10.3 Å². The molecule has 0 unspecified atom stereocenters. The first-order chi connectivity index (χ1) is 9.81. The number of nitrogens with one attached hydrogen (secondary N) is 1. The van der Waals surface area contributed by atoms with Gasteiger partial charge in [0.05, 0.1) is 12.8 Å². The second-order valence-corrected chi connectivity index (χ2v) is 5.30. The number of nitrogen functional groups attached to an aromatic ring is 1. The Hall–Kier alpha value is -2.42. The minimum Gasteiger partial charge on any atom is -0.480 e. The predicted molar refractivity (Wildman–Crippen MR) is 80.9 cm³/mol. The summed E-state index contributed by atoms with van der Waals surface area (Å²) in [7, 11) is 1.51. The molecule has 0 spiro atoms. The van der Waals surface area contributed by atoms with E-state index in [-0.39, 0.29) is 0 Å². The molecular weight excluding hydrogens is 270 g/mol. The summed E-state index contributed by atoms with van der Waals surface area (Å²) >= 11 is 0. The molecule has 0 fully saturated rings. The van der Waals surface area contributed by atoms with Gasteiger partial charge in [0, 0.05) is 24.7 Å². The summed E-state index contributed by atoms with van der Waals surface area (Å²) in [5.74, 6) is 6.23. The second kappa shape index (κ2) is 7.39. The Labute approximate surface area is 125 Å². The third kappa shape index (κ3) is 6.52. The van der Waals surface area contributed by atoms with Crippen molar-refractivity contribution in [3.05, 3.63) is 17.8 Å². The number of ether oxygens (including phenoxy) is 2. The van der Waals surface area contributed by atoms with Gasteiger partial charge in [-0.25, -0.2) is 9.78 Å². The Morgan fingerprint density at radius 1 is 1.48 bits per heavy atom. The molecule has 3 N–H and O–H groups in total. The summed E-state index contributed by atoms with van der Waals surface area (Å²) < 4.78 is 10.1. The van der Waals surface area contributed by atoms with Crippen molar-refractivity contribution in [2.45, 2.75) is 32.8 Å². The maximum Gasteiger partial charge on any atom is 0.407 e. The Morgan fingerprint density at radius 3 is 2.76 bits per heavy atom. The molecule has 1 rings (SSSR count). The van der Waals surface area contributed by atoms with Crippen LogP contribution in [-0.4, -0.2) is 30.3 Å². The molecule has 114 valence electrons. The molecule has 0 radical (unpaired) electrons. The highest BCUT2D eigenvalue weighted by atomic mass is 16.6. The molecular formula is C15H21N3O3. The molecule has 1 amide bonds. The number of amides is 1. The lowest BCUT2D eigenvalue weighted by molar-refractivity contribution is 0.0529. The molecule has 1 heterocycles. The third-order valence-corrected chi connectivity index (χ3v) is 2.22. The smallest absolute Gasteiger partial charge is 0.407 e. The van der Waals surface area contributed by atoms with Gasteiger partial charge in [-0.15, -0.1) is 0 Å². The van der Waals surface area contributed by atoms with Crippen LogP contribution >= 0.6 is 0 Å². The van der Waals surface area contributed by atoms with Crippen molar-refractivity contribution < 1.29 is 14.3 Å². The number of rotatable bonds is 3. The van der Waals surface area contributed by atoms with Crippen LogP contribution in [-0.2, 0) is 4.74 Å². The maximum atomic E-state index is 11.4. The fourth-order valence-electron chi connectivity index (χ4n) is 1.41. The minimum absolute atomic E-state index is 0.382. The zero-order valence-corrected chi connectivity index (χ0v) is 12.8. The van der Waals surface area contributed by atoms with E-state index in [1.807, 2.05) is 20.8 Å². The SMILES string of the molecule is COc1ncc(C#CCCNC(=O)OC(C)(C)C)cc1N. The van der Waals surface area contributed by atoms with Gasteiger partial charge in [0.1, 0.15) is 5.60 Å². The third-order valence-electron chi connectivity index (χ3n) is 2.22. The van der Waals surface area contributed by atoms with Crippen LogP contribution in [0.3, 0.4) is 0 Å². The van der Waals surface area contributed by atoms with Crippen LogP contribution in [0.2, 0.25) is 0 Å². The van der Waals surface area contributed by atoms with Gasteiger partial charge < -0.3 is 20.5 Å². The lowest BCUT2D eigenvalue weighted by atomic mass is 10.2. The van der Waals surface area contributed by atoms with Gasteiger partial charge >= 0.3 is 6.09 Å². The van der Waals surface area contributed by atoms with Crippen LogP contribution in [0, 0.1) is 11.8 Å². The number of aromatic nitrogens is 1. The number of hydrogen-bond acceptors (Lipinski definition) is 5. The number of methoxy groups -OCH3 is 1. The first-order valence-corrected chi connectivity index (χ1v) is 6.57. The number of carbonyl (C=O) groups excluding carboxylic acids is 1. The molecule has 0 saturated heterocycles. The van der Waals surface area contributed by atoms with E-state index in [2.05, 4.69) is 22.1 Å². The summed E-state index contributed by atoms with van der Waals surface area (Å²) in [6.45, 7) is 5.86. The highest BCUT2D eigenvalue weighted by molar-refractivity contribution is 5.67. The van der Waals surface area contributed by atoms with Crippen molar-refractivity contribution >= 4 is 11.8 Å². The molecule has 0 saturated carbocycles. The number of carbonyl (C=O) groups is 1. The molecule has 6 heteroatoms. The lowest BCUT2D eigenvalue weighted by Gasteiger charge is -2.19. The average Bonchev–Trinajstić information content (AvgIpc) is 2.36. The van der Waals surface area contributed by atoms with Gasteiger partial charge in [-0.3, -0.25) is 0 Å². The molecule has 0 aliphatic carbocycles. The van der Waals surface area contributed by atoms with E-state index in [1.165, 1.54) is 7.11 Å². The molecule has 6 nitrogen and oxygen atoms in total. The van der Waals surface area contributed by atoms with E-state index < -0.39 is 11.7 Å². The zero-order valence-electron chi connectivity index (χ0n) is 12.8. The number of hydrogen-bond donors (Lipinski definition) is 2. The lowest BCUT2D eigenvalue weighted by Crippen LogP contribution is -2.32. The van der Waals surface area contributed by atoms with Gasteiger partial charge in [-0.1, -0.05) is 11.8 Å². The minimum atomic E-state index is -0.498. The number of nitrogens with zero attached hydrogens (tertiary/aromatic N) is 1. The quantitative estimate of drug-likeness (QED) is 0.656. The fraction of sp³-hybridized carbons (Fsp3) is 0.467. The van der Waals surface area contributed by atoms with Crippen LogP contribution in [0.5, 0.6) is 5.88 Å². The Kier molecular flexibility index (Phi) is 5.85. The average molecular weight is 291 g/mol. The summed E-state index contributed by atoms with van der Waals surface area (Å²) in [5.41, 5.74) is 6.37. The first kappa shape index (κ1) is 16.6. The van der Waals surface area contributed by atoms with Gasteiger partial charge in [0.2, 0.25) is 5.88 Å². The standard InChI is InChI=1S/C15H21N3O3/c1-15(2,3)21-14(19)17-8-6-5-7-11-9-12(16)13(20-4)18-10-11/h9-10H,6,8,16H2,1-4H3,(H,17,19). The van der Waals surface area contributed by atoms with Crippen molar-refractivity contribution in [3.8, 4) is 17.7 Å². The summed E-state index contributed by atoms with van der Waals surface area (Å²) in [6.07, 6.45) is 1.65. The van der Waals surface area contributed by atoms with Gasteiger partial charge in [-0.05, 0) is 26.8 Å². The largest absolute Gasteiger partial charge is 0.480 e. The maximum absolute atomic E-state index is 11.4. The number of nitrogens with two attached hydrogens (primary N) is 1. The second-order valence-electron chi connectivity index (χ2n) is 5.30. The van der Waals surface area contributed by atoms with Crippen molar-refractivity contribution in [3.63, 3.8) is 0 Å². The van der Waals surface area contributed by atoms with E-state index >= 15 is 0 Å². The molecule has 21 heavy (non-hydrogen) atoms. The van der Waals surface area contributed by atoms with E-state index in [9.17, 15) is 4.79 Å². The van der Waals surface area contributed by atoms with Crippen LogP contribution in [0.15, 0.2) is 12.3 Å². The van der Waals surface area contributed by atoms with Crippen LogP contribution in [0.1, 0.15) is 32.8 Å². The first-order valence-electron chi connectivity index (χ1n) is 6.57. The van der Waals surface area contributed by atoms with Crippen LogP contribution in [0.4, 0.5) is 10.5 Å². The number of anilines is 1. The van der Waals surface area contributed by atoms with Crippen LogP contribution < -0.4 is 15.8 Å². The molecule has 0 aliphatic heterocycles. The van der Waals surface area contributed by atoms with Gasteiger partial charge in [-0.2, -0.15) is 0 Å². The molecule has 0 aliphatic rings. The molecule has 0 atom stereocenters. The summed E-state index contributed by atoms with van der Waals surface area (Å²) in [5, 5.41) is 2.63. The van der Waals surface area contributed by atoms with Crippen LogP contribution in [0.25, 0.3) is 0 Å². The van der Waals surface area contributed by atoms with E-state index in [0.29, 0.717) is 30.1 Å². The summed E-state index contributed by atoms with van der Waals surface area (Å²) in [4.78, 5) is 15.4. The topological polar surface area (TPSA) is 86.5 Å². The Bertz CT molecular complexity index is 554. The summed E-state index contributed by atoms with van der Waals surface area (Å²) in [6, 6.07) is 1.69. The van der Waals surface area contributed by atoms with E-state index in [0.717, 1.165) is 0 Å². The zero-order chi connectivity index (χ0) is 15.9.